The predicted molar refractivity (Wildman–Crippen MR) is 75.2 cm³/mol. The Bertz CT molecular complexity index is 646. The SMILES string of the molecule is Cc1cc(Oc2ccc(Cl)c(C(=O)O)c2)ncc1Br. The van der Waals surface area contributed by atoms with Crippen molar-refractivity contribution in [2.45, 2.75) is 6.92 Å². The number of nitrogens with zero attached hydrogens (tertiary/aromatic N) is 1. The van der Waals surface area contributed by atoms with Crippen LogP contribution in [-0.4, -0.2) is 16.1 Å². The Morgan fingerprint density at radius 3 is 2.79 bits per heavy atom. The molecular weight excluding hydrogens is 334 g/mol. The molecule has 0 aliphatic carbocycles. The summed E-state index contributed by atoms with van der Waals surface area (Å²) in [5.41, 5.74) is 0.963. The van der Waals surface area contributed by atoms with Crippen LogP contribution in [0, 0.1) is 6.92 Å². The number of rotatable bonds is 3. The summed E-state index contributed by atoms with van der Waals surface area (Å²) < 4.78 is 6.38. The van der Waals surface area contributed by atoms with Crippen molar-refractivity contribution < 1.29 is 14.6 Å². The van der Waals surface area contributed by atoms with E-state index in [1.165, 1.54) is 12.1 Å². The van der Waals surface area contributed by atoms with E-state index in [1.54, 1.807) is 18.3 Å². The Labute approximate surface area is 123 Å². The molecule has 0 radical (unpaired) electrons. The molecule has 0 bridgehead atoms. The van der Waals surface area contributed by atoms with E-state index in [4.69, 9.17) is 21.4 Å². The van der Waals surface area contributed by atoms with Crippen LogP contribution in [0.5, 0.6) is 11.6 Å². The van der Waals surface area contributed by atoms with Crippen LogP contribution < -0.4 is 4.74 Å². The fourth-order valence-electron chi connectivity index (χ4n) is 1.42. The summed E-state index contributed by atoms with van der Waals surface area (Å²) in [5.74, 6) is -0.342. The number of carbonyl (C=O) groups is 1. The summed E-state index contributed by atoms with van der Waals surface area (Å²) in [4.78, 5) is 15.0. The highest BCUT2D eigenvalue weighted by Gasteiger charge is 2.11. The number of hydrogen-bond donors (Lipinski definition) is 1. The van der Waals surface area contributed by atoms with Gasteiger partial charge < -0.3 is 9.84 Å². The molecule has 1 heterocycles. The summed E-state index contributed by atoms with van der Waals surface area (Å²) >= 11 is 9.12. The van der Waals surface area contributed by atoms with Gasteiger partial charge in [-0.1, -0.05) is 11.6 Å². The molecule has 2 aromatic rings. The molecule has 0 unspecified atom stereocenters. The number of aromatic carboxylic acids is 1. The molecule has 0 atom stereocenters. The van der Waals surface area contributed by atoms with E-state index in [1.807, 2.05) is 6.92 Å². The van der Waals surface area contributed by atoms with Gasteiger partial charge >= 0.3 is 5.97 Å². The highest BCUT2D eigenvalue weighted by Crippen LogP contribution is 2.27. The zero-order valence-electron chi connectivity index (χ0n) is 9.85. The average molecular weight is 343 g/mol. The average Bonchev–Trinajstić information content (AvgIpc) is 2.36. The maximum absolute atomic E-state index is 11.0. The highest BCUT2D eigenvalue weighted by molar-refractivity contribution is 9.10. The number of carboxylic acid groups (broad SMARTS) is 1. The molecule has 0 fully saturated rings. The van der Waals surface area contributed by atoms with Crippen molar-refractivity contribution in [3.05, 3.63) is 51.1 Å². The predicted octanol–water partition coefficient (Wildman–Crippen LogP) is 4.30. The number of halogens is 2. The van der Waals surface area contributed by atoms with Gasteiger partial charge in [0.15, 0.2) is 0 Å². The van der Waals surface area contributed by atoms with Crippen LogP contribution in [0.2, 0.25) is 5.02 Å². The molecule has 1 aromatic heterocycles. The molecule has 1 N–H and O–H groups in total. The molecule has 4 nitrogen and oxygen atoms in total. The van der Waals surface area contributed by atoms with Crippen LogP contribution in [0.25, 0.3) is 0 Å². The van der Waals surface area contributed by atoms with Crippen molar-refractivity contribution in [2.24, 2.45) is 0 Å². The molecule has 1 aromatic carbocycles. The van der Waals surface area contributed by atoms with Crippen molar-refractivity contribution in [1.29, 1.82) is 0 Å². The molecule has 0 amide bonds. The monoisotopic (exact) mass is 341 g/mol. The minimum absolute atomic E-state index is 0.00648. The van der Waals surface area contributed by atoms with E-state index >= 15 is 0 Å². The zero-order chi connectivity index (χ0) is 14.0. The molecule has 19 heavy (non-hydrogen) atoms. The van der Waals surface area contributed by atoms with E-state index in [-0.39, 0.29) is 10.6 Å². The summed E-state index contributed by atoms with van der Waals surface area (Å²) in [5, 5.41) is 9.14. The van der Waals surface area contributed by atoms with Gasteiger partial charge in [-0.3, -0.25) is 0 Å². The molecular formula is C13H9BrClNO3. The van der Waals surface area contributed by atoms with Gasteiger partial charge in [0.25, 0.3) is 0 Å². The summed E-state index contributed by atoms with van der Waals surface area (Å²) in [6.45, 7) is 1.91. The van der Waals surface area contributed by atoms with Crippen LogP contribution in [0.4, 0.5) is 0 Å². The zero-order valence-corrected chi connectivity index (χ0v) is 12.2. The maximum atomic E-state index is 11.0. The fourth-order valence-corrected chi connectivity index (χ4v) is 1.84. The number of benzene rings is 1. The smallest absolute Gasteiger partial charge is 0.337 e. The first-order chi connectivity index (χ1) is 8.97. The normalized spacial score (nSPS) is 10.3. The standard InChI is InChI=1S/C13H9BrClNO3/c1-7-4-12(16-6-10(7)14)19-8-2-3-11(15)9(5-8)13(17)18/h2-6H,1H3,(H,17,18). The number of aryl methyl sites for hydroxylation is 1. The largest absolute Gasteiger partial charge is 0.478 e. The third-order valence-electron chi connectivity index (χ3n) is 2.41. The number of pyridine rings is 1. The van der Waals surface area contributed by atoms with Gasteiger partial charge in [0.05, 0.1) is 10.6 Å². The minimum Gasteiger partial charge on any atom is -0.478 e. The van der Waals surface area contributed by atoms with Gasteiger partial charge in [-0.25, -0.2) is 9.78 Å². The van der Waals surface area contributed by atoms with E-state index in [2.05, 4.69) is 20.9 Å². The van der Waals surface area contributed by atoms with Gasteiger partial charge in [-0.15, -0.1) is 0 Å². The Hall–Kier alpha value is -1.59. The van der Waals surface area contributed by atoms with Gasteiger partial charge in [0.1, 0.15) is 5.75 Å². The lowest BCUT2D eigenvalue weighted by Gasteiger charge is -2.07. The molecule has 98 valence electrons. The fraction of sp³-hybridized carbons (Fsp3) is 0.0769. The third kappa shape index (κ3) is 3.24. The van der Waals surface area contributed by atoms with Crippen LogP contribution >= 0.6 is 27.5 Å². The van der Waals surface area contributed by atoms with Gasteiger partial charge in [-0.05, 0) is 46.6 Å². The second-order valence-electron chi connectivity index (χ2n) is 3.82. The van der Waals surface area contributed by atoms with Crippen LogP contribution in [0.15, 0.2) is 34.9 Å². The first-order valence-corrected chi connectivity index (χ1v) is 6.47. The molecule has 0 spiro atoms. The number of ether oxygens (including phenoxy) is 1. The van der Waals surface area contributed by atoms with E-state index in [0.717, 1.165) is 10.0 Å². The molecule has 0 saturated carbocycles. The van der Waals surface area contributed by atoms with Crippen molar-refractivity contribution in [2.75, 3.05) is 0 Å². The summed E-state index contributed by atoms with van der Waals surface area (Å²) in [6, 6.07) is 6.18. The summed E-state index contributed by atoms with van der Waals surface area (Å²) in [7, 11) is 0. The summed E-state index contributed by atoms with van der Waals surface area (Å²) in [6.07, 6.45) is 1.62. The van der Waals surface area contributed by atoms with Crippen molar-refractivity contribution in [3.8, 4) is 11.6 Å². The van der Waals surface area contributed by atoms with Crippen LogP contribution in [-0.2, 0) is 0 Å². The lowest BCUT2D eigenvalue weighted by Crippen LogP contribution is -1.98. The van der Waals surface area contributed by atoms with Crippen LogP contribution in [0.1, 0.15) is 15.9 Å². The maximum Gasteiger partial charge on any atom is 0.337 e. The number of hydrogen-bond acceptors (Lipinski definition) is 3. The molecule has 6 heteroatoms. The van der Waals surface area contributed by atoms with Gasteiger partial charge in [-0.2, -0.15) is 0 Å². The van der Waals surface area contributed by atoms with E-state index < -0.39 is 5.97 Å². The topological polar surface area (TPSA) is 59.4 Å². The Morgan fingerprint density at radius 1 is 1.42 bits per heavy atom. The Kier molecular flexibility index (Phi) is 4.07. The van der Waals surface area contributed by atoms with Crippen LogP contribution in [0.3, 0.4) is 0 Å². The van der Waals surface area contributed by atoms with Crippen molar-refractivity contribution >= 4 is 33.5 Å². The van der Waals surface area contributed by atoms with Crippen molar-refractivity contribution in [1.82, 2.24) is 4.98 Å². The highest BCUT2D eigenvalue weighted by atomic mass is 79.9. The second-order valence-corrected chi connectivity index (χ2v) is 5.08. The van der Waals surface area contributed by atoms with E-state index in [9.17, 15) is 4.79 Å². The second kappa shape index (κ2) is 5.59. The number of aromatic nitrogens is 1. The van der Waals surface area contributed by atoms with E-state index in [0.29, 0.717) is 11.6 Å². The third-order valence-corrected chi connectivity index (χ3v) is 3.57. The van der Waals surface area contributed by atoms with Gasteiger partial charge in [0.2, 0.25) is 5.88 Å². The lowest BCUT2D eigenvalue weighted by atomic mass is 10.2. The lowest BCUT2D eigenvalue weighted by molar-refractivity contribution is 0.0696. The van der Waals surface area contributed by atoms with Crippen molar-refractivity contribution in [3.63, 3.8) is 0 Å². The number of carboxylic acids is 1. The minimum atomic E-state index is -1.10. The quantitative estimate of drug-likeness (QED) is 0.903. The molecule has 0 saturated heterocycles. The Morgan fingerprint density at radius 2 is 2.16 bits per heavy atom. The first kappa shape index (κ1) is 13.8. The molecule has 0 aliphatic rings. The Balaban J connectivity index is 2.30. The first-order valence-electron chi connectivity index (χ1n) is 5.30. The van der Waals surface area contributed by atoms with Gasteiger partial charge in [0, 0.05) is 16.7 Å². The molecule has 0 aliphatic heterocycles. The molecule has 2 rings (SSSR count).